The highest BCUT2D eigenvalue weighted by molar-refractivity contribution is 5.18. The molecule has 1 rings (SSSR count). The average Bonchev–Trinajstić information content (AvgIpc) is 2.26. The van der Waals surface area contributed by atoms with E-state index in [2.05, 4.69) is 5.43 Å². The van der Waals surface area contributed by atoms with Crippen molar-refractivity contribution in [3.05, 3.63) is 35.4 Å². The maximum Gasteiger partial charge on any atom is 0.126 e. The minimum absolute atomic E-state index is 0.0365. The summed E-state index contributed by atoms with van der Waals surface area (Å²) in [6.07, 6.45) is 1.17. The van der Waals surface area contributed by atoms with Gasteiger partial charge in [0.05, 0.1) is 6.10 Å². The van der Waals surface area contributed by atoms with Crippen molar-refractivity contribution in [2.45, 2.75) is 31.9 Å². The van der Waals surface area contributed by atoms with Gasteiger partial charge in [-0.2, -0.15) is 0 Å². The second-order valence-corrected chi connectivity index (χ2v) is 4.13. The Kier molecular flexibility index (Phi) is 5.47. The molecule has 0 aliphatic heterocycles. The first-order chi connectivity index (χ1) is 8.05. The third-order valence-corrected chi connectivity index (χ3v) is 2.66. The van der Waals surface area contributed by atoms with Gasteiger partial charge >= 0.3 is 0 Å². The molecule has 1 aromatic carbocycles. The summed E-state index contributed by atoms with van der Waals surface area (Å²) in [5, 5.41) is 0. The topological polar surface area (TPSA) is 47.3 Å². The van der Waals surface area contributed by atoms with Gasteiger partial charge in [-0.1, -0.05) is 0 Å². The number of nitrogens with one attached hydrogen (secondary N) is 1. The molecule has 0 saturated carbocycles. The molecule has 3 nitrogen and oxygen atoms in total. The Morgan fingerprint density at radius 2 is 1.88 bits per heavy atom. The molecule has 96 valence electrons. The zero-order valence-electron chi connectivity index (χ0n) is 10.0. The Morgan fingerprint density at radius 1 is 1.29 bits per heavy atom. The van der Waals surface area contributed by atoms with Gasteiger partial charge in [0, 0.05) is 19.2 Å². The average molecular weight is 244 g/mol. The van der Waals surface area contributed by atoms with E-state index in [9.17, 15) is 8.78 Å². The zero-order chi connectivity index (χ0) is 12.8. The number of halogens is 2. The van der Waals surface area contributed by atoms with Gasteiger partial charge in [0.15, 0.2) is 0 Å². The van der Waals surface area contributed by atoms with Gasteiger partial charge in [0.2, 0.25) is 0 Å². The number of hydrogen-bond donors (Lipinski definition) is 2. The summed E-state index contributed by atoms with van der Waals surface area (Å²) < 4.78 is 31.1. The third kappa shape index (κ3) is 4.77. The quantitative estimate of drug-likeness (QED) is 0.592. The van der Waals surface area contributed by atoms with Crippen LogP contribution in [0.2, 0.25) is 0 Å². The van der Waals surface area contributed by atoms with E-state index in [1.165, 1.54) is 12.1 Å². The molecule has 2 atom stereocenters. The summed E-state index contributed by atoms with van der Waals surface area (Å²) in [5.41, 5.74) is 3.21. The van der Waals surface area contributed by atoms with Gasteiger partial charge in [-0.25, -0.2) is 8.78 Å². The standard InChI is InChI=1S/C12H18F2N2O/c1-8(17-2)3-12(16-15)6-9-4-10(13)7-11(14)5-9/h4-5,7-8,12,16H,3,6,15H2,1-2H3. The van der Waals surface area contributed by atoms with Gasteiger partial charge in [-0.15, -0.1) is 0 Å². The first-order valence-electron chi connectivity index (χ1n) is 5.49. The van der Waals surface area contributed by atoms with Gasteiger partial charge in [0.25, 0.3) is 0 Å². The van der Waals surface area contributed by atoms with Gasteiger partial charge < -0.3 is 4.74 Å². The summed E-state index contributed by atoms with van der Waals surface area (Å²) in [5.74, 6) is 4.26. The zero-order valence-corrected chi connectivity index (χ0v) is 10.0. The SMILES string of the molecule is COC(C)CC(Cc1cc(F)cc(F)c1)NN. The second kappa shape index (κ2) is 6.64. The van der Waals surface area contributed by atoms with E-state index in [4.69, 9.17) is 10.6 Å². The molecule has 17 heavy (non-hydrogen) atoms. The fourth-order valence-electron chi connectivity index (χ4n) is 1.72. The number of rotatable bonds is 6. The Labute approximate surface area is 99.9 Å². The molecule has 0 spiro atoms. The van der Waals surface area contributed by atoms with E-state index in [-0.39, 0.29) is 12.1 Å². The summed E-state index contributed by atoms with van der Waals surface area (Å²) in [4.78, 5) is 0. The summed E-state index contributed by atoms with van der Waals surface area (Å²) >= 11 is 0. The summed E-state index contributed by atoms with van der Waals surface area (Å²) in [6.45, 7) is 1.91. The predicted octanol–water partition coefficient (Wildman–Crippen LogP) is 1.76. The molecule has 0 aliphatic carbocycles. The van der Waals surface area contributed by atoms with Crippen LogP contribution in [0.3, 0.4) is 0 Å². The highest BCUT2D eigenvalue weighted by Gasteiger charge is 2.13. The molecular weight excluding hydrogens is 226 g/mol. The molecule has 0 bridgehead atoms. The molecule has 0 heterocycles. The maximum atomic E-state index is 13.0. The van der Waals surface area contributed by atoms with Gasteiger partial charge in [-0.3, -0.25) is 11.3 Å². The molecule has 3 N–H and O–H groups in total. The number of methoxy groups -OCH3 is 1. The maximum absolute atomic E-state index is 13.0. The molecule has 0 amide bonds. The summed E-state index contributed by atoms with van der Waals surface area (Å²) in [6, 6.07) is 3.40. The van der Waals surface area contributed by atoms with Crippen LogP contribution in [0.25, 0.3) is 0 Å². The molecule has 0 saturated heterocycles. The van der Waals surface area contributed by atoms with Gasteiger partial charge in [0.1, 0.15) is 11.6 Å². The lowest BCUT2D eigenvalue weighted by Gasteiger charge is -2.19. The van der Waals surface area contributed by atoms with Crippen LogP contribution >= 0.6 is 0 Å². The van der Waals surface area contributed by atoms with Crippen molar-refractivity contribution in [2.75, 3.05) is 7.11 Å². The first kappa shape index (κ1) is 14.0. The van der Waals surface area contributed by atoms with Crippen molar-refractivity contribution in [1.82, 2.24) is 5.43 Å². The number of benzene rings is 1. The Balaban J connectivity index is 2.66. The lowest BCUT2D eigenvalue weighted by Crippen LogP contribution is -2.39. The monoisotopic (exact) mass is 244 g/mol. The Hall–Kier alpha value is -1.04. The fraction of sp³-hybridized carbons (Fsp3) is 0.500. The van der Waals surface area contributed by atoms with Crippen molar-refractivity contribution >= 4 is 0 Å². The smallest absolute Gasteiger partial charge is 0.126 e. The normalized spacial score (nSPS) is 14.6. The van der Waals surface area contributed by atoms with Crippen LogP contribution in [0.4, 0.5) is 8.78 Å². The van der Waals surface area contributed by atoms with Crippen LogP contribution in [0.5, 0.6) is 0 Å². The molecule has 2 unspecified atom stereocenters. The Bertz CT molecular complexity index is 340. The van der Waals surface area contributed by atoms with E-state index < -0.39 is 11.6 Å². The van der Waals surface area contributed by atoms with Crippen LogP contribution in [0.1, 0.15) is 18.9 Å². The molecular formula is C12H18F2N2O. The van der Waals surface area contributed by atoms with E-state index in [0.29, 0.717) is 18.4 Å². The molecule has 0 aliphatic rings. The highest BCUT2D eigenvalue weighted by atomic mass is 19.1. The highest BCUT2D eigenvalue weighted by Crippen LogP contribution is 2.12. The van der Waals surface area contributed by atoms with Crippen LogP contribution < -0.4 is 11.3 Å². The minimum Gasteiger partial charge on any atom is -0.382 e. The van der Waals surface area contributed by atoms with Crippen molar-refractivity contribution in [3.63, 3.8) is 0 Å². The number of ether oxygens (including phenoxy) is 1. The van der Waals surface area contributed by atoms with E-state index in [0.717, 1.165) is 6.07 Å². The van der Waals surface area contributed by atoms with E-state index >= 15 is 0 Å². The van der Waals surface area contributed by atoms with E-state index in [1.807, 2.05) is 6.92 Å². The lowest BCUT2D eigenvalue weighted by atomic mass is 10.0. The largest absolute Gasteiger partial charge is 0.382 e. The summed E-state index contributed by atoms with van der Waals surface area (Å²) in [7, 11) is 1.61. The number of nitrogens with two attached hydrogens (primary N) is 1. The van der Waals surface area contributed by atoms with Crippen LogP contribution in [-0.2, 0) is 11.2 Å². The first-order valence-corrected chi connectivity index (χ1v) is 5.49. The van der Waals surface area contributed by atoms with Crippen LogP contribution in [0.15, 0.2) is 18.2 Å². The van der Waals surface area contributed by atoms with Crippen molar-refractivity contribution < 1.29 is 13.5 Å². The minimum atomic E-state index is -0.574. The third-order valence-electron chi connectivity index (χ3n) is 2.66. The lowest BCUT2D eigenvalue weighted by molar-refractivity contribution is 0.100. The van der Waals surface area contributed by atoms with Crippen molar-refractivity contribution in [3.8, 4) is 0 Å². The predicted molar refractivity (Wildman–Crippen MR) is 62.3 cm³/mol. The Morgan fingerprint density at radius 3 is 2.35 bits per heavy atom. The number of hydrazine groups is 1. The molecule has 5 heteroatoms. The fourth-order valence-corrected chi connectivity index (χ4v) is 1.72. The van der Waals surface area contributed by atoms with Crippen molar-refractivity contribution in [2.24, 2.45) is 5.84 Å². The van der Waals surface area contributed by atoms with Crippen LogP contribution in [0, 0.1) is 11.6 Å². The molecule has 0 radical (unpaired) electrons. The van der Waals surface area contributed by atoms with E-state index in [1.54, 1.807) is 7.11 Å². The number of hydrogen-bond acceptors (Lipinski definition) is 3. The molecule has 0 aromatic heterocycles. The van der Waals surface area contributed by atoms with Gasteiger partial charge in [-0.05, 0) is 37.5 Å². The second-order valence-electron chi connectivity index (χ2n) is 4.13. The van der Waals surface area contributed by atoms with Crippen molar-refractivity contribution in [1.29, 1.82) is 0 Å². The molecule has 1 aromatic rings. The molecule has 0 fully saturated rings. The van der Waals surface area contributed by atoms with Crippen LogP contribution in [-0.4, -0.2) is 19.3 Å².